The SMILES string of the molecule is CC(CCN)CNCCc1cc(F)ccc1F. The number of benzene rings is 1. The number of hydrogen-bond donors (Lipinski definition) is 2. The summed E-state index contributed by atoms with van der Waals surface area (Å²) < 4.78 is 26.1. The molecule has 0 saturated carbocycles. The maximum absolute atomic E-state index is 13.3. The van der Waals surface area contributed by atoms with Crippen LogP contribution in [-0.2, 0) is 6.42 Å². The van der Waals surface area contributed by atoms with E-state index in [0.717, 1.165) is 19.0 Å². The number of nitrogens with one attached hydrogen (secondary N) is 1. The predicted octanol–water partition coefficient (Wildman–Crippen LogP) is 2.08. The summed E-state index contributed by atoms with van der Waals surface area (Å²) in [5.74, 6) is -0.224. The molecule has 0 radical (unpaired) electrons. The van der Waals surface area contributed by atoms with Crippen molar-refractivity contribution in [1.82, 2.24) is 5.32 Å². The number of hydrogen-bond acceptors (Lipinski definition) is 2. The molecule has 1 unspecified atom stereocenters. The third-order valence-corrected chi connectivity index (χ3v) is 2.73. The molecule has 1 atom stereocenters. The number of rotatable bonds is 7. The van der Waals surface area contributed by atoms with Crippen molar-refractivity contribution in [3.05, 3.63) is 35.4 Å². The van der Waals surface area contributed by atoms with Crippen LogP contribution in [-0.4, -0.2) is 19.6 Å². The minimum atomic E-state index is -0.391. The molecule has 0 fully saturated rings. The van der Waals surface area contributed by atoms with E-state index in [-0.39, 0.29) is 5.82 Å². The molecule has 96 valence electrons. The molecule has 1 aromatic carbocycles. The van der Waals surface area contributed by atoms with E-state index in [9.17, 15) is 8.78 Å². The summed E-state index contributed by atoms with van der Waals surface area (Å²) in [6.45, 7) is 4.30. The molecule has 0 aliphatic heterocycles. The summed E-state index contributed by atoms with van der Waals surface area (Å²) >= 11 is 0. The second kappa shape index (κ2) is 7.35. The Bertz CT molecular complexity index is 342. The Kier molecular flexibility index (Phi) is 6.08. The van der Waals surface area contributed by atoms with Crippen molar-refractivity contribution < 1.29 is 8.78 Å². The fourth-order valence-electron chi connectivity index (χ4n) is 1.69. The smallest absolute Gasteiger partial charge is 0.126 e. The monoisotopic (exact) mass is 242 g/mol. The zero-order valence-electron chi connectivity index (χ0n) is 10.2. The average Bonchev–Trinajstić information content (AvgIpc) is 2.29. The van der Waals surface area contributed by atoms with Crippen LogP contribution in [0.3, 0.4) is 0 Å². The molecule has 0 heterocycles. The first-order chi connectivity index (χ1) is 8.13. The van der Waals surface area contributed by atoms with E-state index in [1.807, 2.05) is 0 Å². The van der Waals surface area contributed by atoms with Gasteiger partial charge in [-0.05, 0) is 62.2 Å². The van der Waals surface area contributed by atoms with Gasteiger partial charge in [-0.2, -0.15) is 0 Å². The molecule has 2 nitrogen and oxygen atoms in total. The molecular weight excluding hydrogens is 222 g/mol. The molecule has 0 spiro atoms. The second-order valence-corrected chi connectivity index (χ2v) is 4.37. The highest BCUT2D eigenvalue weighted by Crippen LogP contribution is 2.09. The van der Waals surface area contributed by atoms with Gasteiger partial charge in [0.15, 0.2) is 0 Å². The van der Waals surface area contributed by atoms with Crippen molar-refractivity contribution in [3.8, 4) is 0 Å². The molecule has 1 rings (SSSR count). The lowest BCUT2D eigenvalue weighted by Gasteiger charge is -2.11. The zero-order chi connectivity index (χ0) is 12.7. The van der Waals surface area contributed by atoms with Gasteiger partial charge < -0.3 is 11.1 Å². The van der Waals surface area contributed by atoms with Gasteiger partial charge in [0.1, 0.15) is 11.6 Å². The van der Waals surface area contributed by atoms with Crippen LogP contribution in [0.15, 0.2) is 18.2 Å². The summed E-state index contributed by atoms with van der Waals surface area (Å²) in [7, 11) is 0. The molecule has 0 bridgehead atoms. The first kappa shape index (κ1) is 14.1. The molecule has 0 amide bonds. The fourth-order valence-corrected chi connectivity index (χ4v) is 1.69. The summed E-state index contributed by atoms with van der Waals surface area (Å²) in [6, 6.07) is 3.55. The number of nitrogens with two attached hydrogens (primary N) is 1. The maximum atomic E-state index is 13.3. The summed E-state index contributed by atoms with van der Waals surface area (Å²) in [5.41, 5.74) is 5.86. The molecule has 17 heavy (non-hydrogen) atoms. The largest absolute Gasteiger partial charge is 0.330 e. The van der Waals surface area contributed by atoms with E-state index in [4.69, 9.17) is 5.73 Å². The lowest BCUT2D eigenvalue weighted by molar-refractivity contribution is 0.486. The van der Waals surface area contributed by atoms with Gasteiger partial charge >= 0.3 is 0 Å². The topological polar surface area (TPSA) is 38.0 Å². The first-order valence-corrected chi connectivity index (χ1v) is 5.98. The van der Waals surface area contributed by atoms with Crippen LogP contribution < -0.4 is 11.1 Å². The standard InChI is InChI=1S/C13H20F2N2/c1-10(4-6-16)9-17-7-5-11-8-12(14)2-3-13(11)15/h2-3,8,10,17H,4-7,9,16H2,1H3. The highest BCUT2D eigenvalue weighted by Gasteiger charge is 2.04. The molecule has 0 aromatic heterocycles. The van der Waals surface area contributed by atoms with Crippen LogP contribution in [0, 0.1) is 17.6 Å². The third-order valence-electron chi connectivity index (χ3n) is 2.73. The first-order valence-electron chi connectivity index (χ1n) is 5.98. The quantitative estimate of drug-likeness (QED) is 0.718. The van der Waals surface area contributed by atoms with Gasteiger partial charge in [0.05, 0.1) is 0 Å². The van der Waals surface area contributed by atoms with Gasteiger partial charge in [-0.1, -0.05) is 6.92 Å². The minimum Gasteiger partial charge on any atom is -0.330 e. The van der Waals surface area contributed by atoms with Crippen molar-refractivity contribution in [2.45, 2.75) is 19.8 Å². The van der Waals surface area contributed by atoms with E-state index in [1.165, 1.54) is 12.1 Å². The van der Waals surface area contributed by atoms with Gasteiger partial charge in [-0.3, -0.25) is 0 Å². The zero-order valence-corrected chi connectivity index (χ0v) is 10.2. The normalized spacial score (nSPS) is 12.7. The number of halogens is 2. The van der Waals surface area contributed by atoms with Crippen molar-refractivity contribution in [1.29, 1.82) is 0 Å². The van der Waals surface area contributed by atoms with E-state index in [0.29, 0.717) is 31.0 Å². The van der Waals surface area contributed by atoms with E-state index in [1.54, 1.807) is 0 Å². The predicted molar refractivity (Wildman–Crippen MR) is 65.8 cm³/mol. The van der Waals surface area contributed by atoms with Crippen molar-refractivity contribution in [2.75, 3.05) is 19.6 Å². The molecular formula is C13H20F2N2. The Morgan fingerprint density at radius 1 is 1.35 bits per heavy atom. The van der Waals surface area contributed by atoms with Crippen molar-refractivity contribution in [3.63, 3.8) is 0 Å². The summed E-state index contributed by atoms with van der Waals surface area (Å²) in [6.07, 6.45) is 1.47. The van der Waals surface area contributed by atoms with Crippen LogP contribution in [0.25, 0.3) is 0 Å². The molecule has 3 N–H and O–H groups in total. The van der Waals surface area contributed by atoms with Crippen LogP contribution in [0.1, 0.15) is 18.9 Å². The molecule has 0 aliphatic rings. The Morgan fingerprint density at radius 3 is 2.82 bits per heavy atom. The Hall–Kier alpha value is -1.00. The van der Waals surface area contributed by atoms with E-state index >= 15 is 0 Å². The molecule has 0 saturated heterocycles. The van der Waals surface area contributed by atoms with Crippen LogP contribution in [0.5, 0.6) is 0 Å². The molecule has 0 aliphatic carbocycles. The lowest BCUT2D eigenvalue weighted by Crippen LogP contribution is -2.25. The Labute approximate surface area is 101 Å². The Morgan fingerprint density at radius 2 is 2.12 bits per heavy atom. The van der Waals surface area contributed by atoms with Gasteiger partial charge in [0.25, 0.3) is 0 Å². The van der Waals surface area contributed by atoms with Crippen LogP contribution >= 0.6 is 0 Å². The fraction of sp³-hybridized carbons (Fsp3) is 0.538. The van der Waals surface area contributed by atoms with Gasteiger partial charge in [0, 0.05) is 0 Å². The second-order valence-electron chi connectivity index (χ2n) is 4.37. The van der Waals surface area contributed by atoms with Gasteiger partial charge in [-0.15, -0.1) is 0 Å². The highest BCUT2D eigenvalue weighted by atomic mass is 19.1. The van der Waals surface area contributed by atoms with Crippen molar-refractivity contribution in [2.24, 2.45) is 11.7 Å². The summed E-state index contributed by atoms with van der Waals surface area (Å²) in [5, 5.41) is 3.22. The Balaban J connectivity index is 2.28. The summed E-state index contributed by atoms with van der Waals surface area (Å²) in [4.78, 5) is 0. The molecule has 1 aromatic rings. The third kappa shape index (κ3) is 5.24. The maximum Gasteiger partial charge on any atom is 0.126 e. The van der Waals surface area contributed by atoms with Gasteiger partial charge in [0.2, 0.25) is 0 Å². The average molecular weight is 242 g/mol. The van der Waals surface area contributed by atoms with E-state index in [2.05, 4.69) is 12.2 Å². The minimum absolute atomic E-state index is 0.344. The lowest BCUT2D eigenvalue weighted by atomic mass is 10.1. The van der Waals surface area contributed by atoms with E-state index < -0.39 is 5.82 Å². The van der Waals surface area contributed by atoms with Crippen LogP contribution in [0.2, 0.25) is 0 Å². The van der Waals surface area contributed by atoms with Crippen molar-refractivity contribution >= 4 is 0 Å². The molecule has 4 heteroatoms. The highest BCUT2D eigenvalue weighted by molar-refractivity contribution is 5.18. The van der Waals surface area contributed by atoms with Gasteiger partial charge in [-0.25, -0.2) is 8.78 Å². The van der Waals surface area contributed by atoms with Crippen LogP contribution in [0.4, 0.5) is 8.78 Å².